The number of aromatic nitrogens is 2. The zero-order chi connectivity index (χ0) is 19.1. The number of fused-ring (bicyclic) bond motifs is 2. The van der Waals surface area contributed by atoms with Gasteiger partial charge in [0.2, 0.25) is 0 Å². The van der Waals surface area contributed by atoms with Crippen molar-refractivity contribution < 1.29 is 4.74 Å². The fraction of sp³-hybridized carbons (Fsp3) is 0.182. The Morgan fingerprint density at radius 2 is 2.00 bits per heavy atom. The monoisotopic (exact) mass is 371 g/mol. The zero-order valence-corrected chi connectivity index (χ0v) is 15.6. The maximum atomic E-state index is 6.16. The van der Waals surface area contributed by atoms with Crippen LogP contribution in [0.2, 0.25) is 0 Å². The minimum absolute atomic E-state index is 0.0664. The number of aliphatic imine (C=N–C) groups is 1. The standard InChI is InChI=1S/C22H21N5O/c1-28-17-7-9-18-15(12-17)4-8-19-20(25-22(23)26-21(18)19)14-2-5-16(6-3-14)27-11-10-24-13-27/h2-3,5-7,9-13,20H,4,8H2,1H3,(H3,23,25,26). The molecular weight excluding hydrogens is 350 g/mol. The van der Waals surface area contributed by atoms with Crippen LogP contribution in [0.3, 0.4) is 0 Å². The molecule has 3 N–H and O–H groups in total. The normalized spacial score (nSPS) is 18.0. The molecule has 0 saturated carbocycles. The highest BCUT2D eigenvalue weighted by Gasteiger charge is 2.29. The molecule has 5 rings (SSSR count). The molecule has 0 fully saturated rings. The van der Waals surface area contributed by atoms with Gasteiger partial charge in [-0.1, -0.05) is 12.1 Å². The first-order chi connectivity index (χ1) is 13.7. The third-order valence-corrected chi connectivity index (χ3v) is 5.43. The van der Waals surface area contributed by atoms with E-state index in [-0.39, 0.29) is 6.04 Å². The van der Waals surface area contributed by atoms with Crippen molar-refractivity contribution in [2.24, 2.45) is 10.7 Å². The molecule has 2 aromatic carbocycles. The first-order valence-corrected chi connectivity index (χ1v) is 9.32. The third kappa shape index (κ3) is 2.74. The number of nitrogens with one attached hydrogen (secondary N) is 1. The van der Waals surface area contributed by atoms with Crippen LogP contribution in [0.15, 0.2) is 71.8 Å². The number of benzene rings is 2. The zero-order valence-electron chi connectivity index (χ0n) is 15.6. The Morgan fingerprint density at radius 1 is 1.14 bits per heavy atom. The van der Waals surface area contributed by atoms with Gasteiger partial charge < -0.3 is 20.4 Å². The molecule has 0 radical (unpaired) electrons. The van der Waals surface area contributed by atoms with Crippen molar-refractivity contribution in [3.63, 3.8) is 0 Å². The highest BCUT2D eigenvalue weighted by atomic mass is 16.5. The summed E-state index contributed by atoms with van der Waals surface area (Å²) >= 11 is 0. The van der Waals surface area contributed by atoms with Gasteiger partial charge in [0.25, 0.3) is 0 Å². The number of ether oxygens (including phenoxy) is 1. The summed E-state index contributed by atoms with van der Waals surface area (Å²) in [6.45, 7) is 0. The number of imidazole rings is 1. The van der Waals surface area contributed by atoms with E-state index in [1.54, 1.807) is 19.6 Å². The first kappa shape index (κ1) is 16.6. The summed E-state index contributed by atoms with van der Waals surface area (Å²) in [6, 6.07) is 14.6. The summed E-state index contributed by atoms with van der Waals surface area (Å²) in [5.41, 5.74) is 13.2. The van der Waals surface area contributed by atoms with E-state index >= 15 is 0 Å². The van der Waals surface area contributed by atoms with Gasteiger partial charge in [-0.2, -0.15) is 0 Å². The minimum Gasteiger partial charge on any atom is -0.497 e. The molecule has 0 spiro atoms. The fourth-order valence-corrected chi connectivity index (χ4v) is 4.03. The van der Waals surface area contributed by atoms with E-state index < -0.39 is 0 Å². The minimum atomic E-state index is -0.0664. The molecule has 1 atom stereocenters. The van der Waals surface area contributed by atoms with E-state index in [0.717, 1.165) is 35.5 Å². The van der Waals surface area contributed by atoms with E-state index in [9.17, 15) is 0 Å². The number of hydrogen-bond donors (Lipinski definition) is 2. The van der Waals surface area contributed by atoms with E-state index in [1.165, 1.54) is 16.7 Å². The number of methoxy groups -OCH3 is 1. The molecule has 0 bridgehead atoms. The van der Waals surface area contributed by atoms with Crippen LogP contribution in [0, 0.1) is 0 Å². The molecule has 2 heterocycles. The van der Waals surface area contributed by atoms with Gasteiger partial charge in [0.15, 0.2) is 5.96 Å². The Hall–Kier alpha value is -3.54. The lowest BCUT2D eigenvalue weighted by molar-refractivity contribution is 0.414. The van der Waals surface area contributed by atoms with E-state index in [0.29, 0.717) is 5.96 Å². The van der Waals surface area contributed by atoms with Crippen molar-refractivity contribution in [2.45, 2.75) is 18.9 Å². The molecule has 6 nitrogen and oxygen atoms in total. The number of aryl methyl sites for hydroxylation is 1. The SMILES string of the molecule is COc1ccc2c(c1)CCC1=C2NC(N)=NC1c1ccc(-n2ccnc2)cc1. The molecule has 0 saturated heterocycles. The topological polar surface area (TPSA) is 77.5 Å². The Balaban J connectivity index is 1.54. The number of guanidine groups is 1. The van der Waals surface area contributed by atoms with E-state index in [2.05, 4.69) is 46.7 Å². The Kier molecular flexibility index (Phi) is 3.90. The molecular formula is C22H21N5O. The molecule has 28 heavy (non-hydrogen) atoms. The predicted molar refractivity (Wildman–Crippen MR) is 109 cm³/mol. The number of hydrogen-bond acceptors (Lipinski definition) is 5. The second kappa shape index (κ2) is 6.56. The molecule has 3 aromatic rings. The highest BCUT2D eigenvalue weighted by molar-refractivity contribution is 5.92. The summed E-state index contributed by atoms with van der Waals surface area (Å²) in [7, 11) is 1.70. The second-order valence-corrected chi connectivity index (χ2v) is 7.03. The molecule has 1 unspecified atom stereocenters. The lowest BCUT2D eigenvalue weighted by atomic mass is 9.83. The van der Waals surface area contributed by atoms with Crippen molar-refractivity contribution >= 4 is 11.7 Å². The molecule has 2 aliphatic rings. The van der Waals surface area contributed by atoms with Gasteiger partial charge in [-0.15, -0.1) is 0 Å². The summed E-state index contributed by atoms with van der Waals surface area (Å²) in [5.74, 6) is 1.33. The lowest BCUT2D eigenvalue weighted by Gasteiger charge is -2.32. The number of rotatable bonds is 3. The van der Waals surface area contributed by atoms with Crippen LogP contribution in [-0.4, -0.2) is 22.6 Å². The summed E-state index contributed by atoms with van der Waals surface area (Å²) < 4.78 is 7.36. The Bertz CT molecular complexity index is 1080. The van der Waals surface area contributed by atoms with Gasteiger partial charge in [-0.25, -0.2) is 9.98 Å². The molecule has 0 amide bonds. The van der Waals surface area contributed by atoms with Gasteiger partial charge in [0.1, 0.15) is 11.8 Å². The molecule has 6 heteroatoms. The van der Waals surface area contributed by atoms with E-state index in [1.807, 2.05) is 16.8 Å². The fourth-order valence-electron chi connectivity index (χ4n) is 4.03. The van der Waals surface area contributed by atoms with Crippen LogP contribution in [0.1, 0.15) is 29.2 Å². The van der Waals surface area contributed by atoms with Crippen molar-refractivity contribution in [2.75, 3.05) is 7.11 Å². The summed E-state index contributed by atoms with van der Waals surface area (Å²) in [6.07, 6.45) is 7.40. The predicted octanol–water partition coefficient (Wildman–Crippen LogP) is 3.20. The van der Waals surface area contributed by atoms with Crippen molar-refractivity contribution in [3.8, 4) is 11.4 Å². The van der Waals surface area contributed by atoms with Crippen molar-refractivity contribution in [1.82, 2.24) is 14.9 Å². The highest BCUT2D eigenvalue weighted by Crippen LogP contribution is 2.41. The molecule has 1 aliphatic heterocycles. The lowest BCUT2D eigenvalue weighted by Crippen LogP contribution is -2.37. The summed E-state index contributed by atoms with van der Waals surface area (Å²) in [4.78, 5) is 8.83. The maximum Gasteiger partial charge on any atom is 0.194 e. The van der Waals surface area contributed by atoms with Crippen LogP contribution >= 0.6 is 0 Å². The Labute approximate surface area is 163 Å². The summed E-state index contributed by atoms with van der Waals surface area (Å²) in [5, 5.41) is 3.30. The van der Waals surface area contributed by atoms with Crippen LogP contribution in [0.4, 0.5) is 0 Å². The quantitative estimate of drug-likeness (QED) is 0.741. The molecule has 1 aromatic heterocycles. The Morgan fingerprint density at radius 3 is 2.75 bits per heavy atom. The van der Waals surface area contributed by atoms with Crippen LogP contribution in [-0.2, 0) is 6.42 Å². The largest absolute Gasteiger partial charge is 0.497 e. The molecule has 140 valence electrons. The first-order valence-electron chi connectivity index (χ1n) is 9.32. The number of nitrogens with two attached hydrogens (primary N) is 1. The van der Waals surface area contributed by atoms with Crippen LogP contribution in [0.25, 0.3) is 11.4 Å². The van der Waals surface area contributed by atoms with Gasteiger partial charge in [0, 0.05) is 23.6 Å². The van der Waals surface area contributed by atoms with E-state index in [4.69, 9.17) is 15.5 Å². The van der Waals surface area contributed by atoms with Gasteiger partial charge in [0.05, 0.1) is 19.1 Å². The average Bonchev–Trinajstić information content (AvgIpc) is 3.27. The van der Waals surface area contributed by atoms with Crippen LogP contribution < -0.4 is 15.8 Å². The average molecular weight is 371 g/mol. The van der Waals surface area contributed by atoms with Gasteiger partial charge in [-0.3, -0.25) is 0 Å². The molecule has 1 aliphatic carbocycles. The third-order valence-electron chi connectivity index (χ3n) is 5.43. The number of nitrogens with zero attached hydrogens (tertiary/aromatic N) is 3. The van der Waals surface area contributed by atoms with Crippen molar-refractivity contribution in [3.05, 3.63) is 83.4 Å². The van der Waals surface area contributed by atoms with Gasteiger partial charge in [-0.05, 0) is 59.9 Å². The van der Waals surface area contributed by atoms with Crippen molar-refractivity contribution in [1.29, 1.82) is 0 Å². The maximum absolute atomic E-state index is 6.16. The van der Waals surface area contributed by atoms with Crippen LogP contribution in [0.5, 0.6) is 5.75 Å². The smallest absolute Gasteiger partial charge is 0.194 e. The second-order valence-electron chi connectivity index (χ2n) is 7.03. The van der Waals surface area contributed by atoms with Gasteiger partial charge >= 0.3 is 0 Å².